The Morgan fingerprint density at radius 3 is 2.54 bits per heavy atom. The standard InChI is InChI=1S/C23H28O/c1-3-4-5-6-7-8-9-10-13-19(2)21-17-16-20-14-11-12-15-22(20)23(21)18-24/h7-8,11-18H,3-6,9-10H2,1-2H3/b8-7+,19-13?. The summed E-state index contributed by atoms with van der Waals surface area (Å²) in [6.07, 6.45) is 15.0. The summed E-state index contributed by atoms with van der Waals surface area (Å²) < 4.78 is 0. The Morgan fingerprint density at radius 1 is 0.958 bits per heavy atom. The summed E-state index contributed by atoms with van der Waals surface area (Å²) in [6, 6.07) is 12.2. The van der Waals surface area contributed by atoms with E-state index in [1.165, 1.54) is 31.3 Å². The van der Waals surface area contributed by atoms with E-state index in [2.05, 4.69) is 50.3 Å². The molecular weight excluding hydrogens is 292 g/mol. The van der Waals surface area contributed by atoms with Crippen LogP contribution in [0.1, 0.15) is 68.3 Å². The third-order valence-electron chi connectivity index (χ3n) is 4.44. The monoisotopic (exact) mass is 320 g/mol. The van der Waals surface area contributed by atoms with Gasteiger partial charge >= 0.3 is 0 Å². The summed E-state index contributed by atoms with van der Waals surface area (Å²) in [5.41, 5.74) is 3.04. The molecule has 0 heterocycles. The van der Waals surface area contributed by atoms with Crippen molar-refractivity contribution in [2.45, 2.75) is 52.4 Å². The van der Waals surface area contributed by atoms with Crippen LogP contribution in [0, 0.1) is 0 Å². The first-order valence-corrected chi connectivity index (χ1v) is 9.07. The van der Waals surface area contributed by atoms with E-state index in [0.29, 0.717) is 0 Å². The molecule has 0 aromatic heterocycles. The molecule has 0 radical (unpaired) electrons. The number of fused-ring (bicyclic) bond motifs is 1. The number of allylic oxidation sites excluding steroid dienone is 4. The molecule has 0 aliphatic heterocycles. The molecule has 24 heavy (non-hydrogen) atoms. The predicted octanol–water partition coefficient (Wildman–Crippen LogP) is 6.97. The van der Waals surface area contributed by atoms with Gasteiger partial charge in [0.25, 0.3) is 0 Å². The lowest BCUT2D eigenvalue weighted by molar-refractivity contribution is 0.112. The van der Waals surface area contributed by atoms with Gasteiger partial charge in [-0.2, -0.15) is 0 Å². The molecule has 0 aliphatic carbocycles. The highest BCUT2D eigenvalue weighted by Gasteiger charge is 2.07. The maximum Gasteiger partial charge on any atom is 0.151 e. The third-order valence-corrected chi connectivity index (χ3v) is 4.44. The lowest BCUT2D eigenvalue weighted by Gasteiger charge is -2.09. The smallest absolute Gasteiger partial charge is 0.151 e. The normalized spacial score (nSPS) is 12.2. The summed E-state index contributed by atoms with van der Waals surface area (Å²) in [6.45, 7) is 4.33. The second-order valence-corrected chi connectivity index (χ2v) is 6.30. The lowest BCUT2D eigenvalue weighted by atomic mass is 9.95. The molecule has 0 N–H and O–H groups in total. The molecule has 0 saturated heterocycles. The minimum atomic E-state index is 0.803. The van der Waals surface area contributed by atoms with Gasteiger partial charge in [0.1, 0.15) is 0 Å². The highest BCUT2D eigenvalue weighted by molar-refractivity contribution is 6.02. The van der Waals surface area contributed by atoms with Crippen molar-refractivity contribution in [2.24, 2.45) is 0 Å². The summed E-state index contributed by atoms with van der Waals surface area (Å²) >= 11 is 0. The van der Waals surface area contributed by atoms with Crippen LogP contribution in [0.3, 0.4) is 0 Å². The number of carbonyl (C=O) groups excluding carboxylic acids is 1. The predicted molar refractivity (Wildman–Crippen MR) is 106 cm³/mol. The second-order valence-electron chi connectivity index (χ2n) is 6.30. The van der Waals surface area contributed by atoms with Crippen molar-refractivity contribution in [1.82, 2.24) is 0 Å². The number of carbonyl (C=O) groups is 1. The first kappa shape index (κ1) is 18.2. The van der Waals surface area contributed by atoms with Crippen molar-refractivity contribution in [3.8, 4) is 0 Å². The van der Waals surface area contributed by atoms with E-state index in [0.717, 1.165) is 41.0 Å². The number of unbranched alkanes of at least 4 members (excludes halogenated alkanes) is 4. The van der Waals surface area contributed by atoms with Gasteiger partial charge in [0.2, 0.25) is 0 Å². The molecule has 2 rings (SSSR count). The van der Waals surface area contributed by atoms with Crippen molar-refractivity contribution in [2.75, 3.05) is 0 Å². The van der Waals surface area contributed by atoms with Gasteiger partial charge in [-0.3, -0.25) is 4.79 Å². The molecule has 0 unspecified atom stereocenters. The summed E-state index contributed by atoms with van der Waals surface area (Å²) in [7, 11) is 0. The maximum atomic E-state index is 11.6. The molecule has 0 spiro atoms. The first-order chi connectivity index (χ1) is 11.8. The van der Waals surface area contributed by atoms with Crippen molar-refractivity contribution in [3.05, 3.63) is 65.8 Å². The number of hydrogen-bond donors (Lipinski definition) is 0. The topological polar surface area (TPSA) is 17.1 Å². The van der Waals surface area contributed by atoms with Crippen LogP contribution in [0.15, 0.2) is 54.6 Å². The zero-order valence-corrected chi connectivity index (χ0v) is 14.9. The zero-order valence-electron chi connectivity index (χ0n) is 14.9. The summed E-state index contributed by atoms with van der Waals surface area (Å²) in [4.78, 5) is 11.6. The van der Waals surface area contributed by atoms with Gasteiger partial charge in [-0.05, 0) is 54.5 Å². The van der Waals surface area contributed by atoms with Crippen LogP contribution in [-0.4, -0.2) is 6.29 Å². The SMILES string of the molecule is CCCCC/C=C/CCC=C(C)c1ccc2ccccc2c1C=O. The van der Waals surface area contributed by atoms with Crippen molar-refractivity contribution >= 4 is 22.6 Å². The molecule has 1 nitrogen and oxygen atoms in total. The van der Waals surface area contributed by atoms with Crippen molar-refractivity contribution in [3.63, 3.8) is 0 Å². The van der Waals surface area contributed by atoms with E-state index >= 15 is 0 Å². The van der Waals surface area contributed by atoms with Crippen LogP contribution in [0.5, 0.6) is 0 Å². The fourth-order valence-corrected chi connectivity index (χ4v) is 3.02. The molecule has 2 aromatic rings. The van der Waals surface area contributed by atoms with Crippen LogP contribution in [0.25, 0.3) is 16.3 Å². The van der Waals surface area contributed by atoms with E-state index < -0.39 is 0 Å². The Kier molecular flexibility index (Phi) is 7.48. The number of aldehydes is 1. The third kappa shape index (κ3) is 4.92. The average Bonchev–Trinajstić information content (AvgIpc) is 2.62. The lowest BCUT2D eigenvalue weighted by Crippen LogP contribution is -1.92. The summed E-state index contributed by atoms with van der Waals surface area (Å²) in [5, 5.41) is 2.15. The molecule has 0 aliphatic rings. The second kappa shape index (κ2) is 9.87. The fraction of sp³-hybridized carbons (Fsp3) is 0.348. The zero-order chi connectivity index (χ0) is 17.2. The Labute approximate surface area is 146 Å². The number of rotatable bonds is 9. The van der Waals surface area contributed by atoms with E-state index in [1.54, 1.807) is 0 Å². The van der Waals surface area contributed by atoms with Crippen molar-refractivity contribution in [1.29, 1.82) is 0 Å². The van der Waals surface area contributed by atoms with Crippen LogP contribution >= 0.6 is 0 Å². The molecule has 126 valence electrons. The Morgan fingerprint density at radius 2 is 1.75 bits per heavy atom. The molecule has 0 amide bonds. The van der Waals surface area contributed by atoms with Gasteiger partial charge in [0.15, 0.2) is 6.29 Å². The molecule has 0 fully saturated rings. The molecule has 0 bridgehead atoms. The molecule has 1 heteroatoms. The molecule has 0 saturated carbocycles. The Bertz CT molecular complexity index is 722. The molecular formula is C23H28O. The minimum Gasteiger partial charge on any atom is -0.298 e. The average molecular weight is 320 g/mol. The highest BCUT2D eigenvalue weighted by Crippen LogP contribution is 2.26. The minimum absolute atomic E-state index is 0.803. The molecule has 2 aromatic carbocycles. The van der Waals surface area contributed by atoms with E-state index in [4.69, 9.17) is 0 Å². The Balaban J connectivity index is 2.02. The quantitative estimate of drug-likeness (QED) is 0.277. The number of hydrogen-bond acceptors (Lipinski definition) is 1. The van der Waals surface area contributed by atoms with Crippen molar-refractivity contribution < 1.29 is 4.79 Å². The van der Waals surface area contributed by atoms with E-state index in [9.17, 15) is 4.79 Å². The summed E-state index contributed by atoms with van der Waals surface area (Å²) in [5.74, 6) is 0. The maximum absolute atomic E-state index is 11.6. The van der Waals surface area contributed by atoms with Crippen LogP contribution < -0.4 is 0 Å². The van der Waals surface area contributed by atoms with Gasteiger partial charge in [-0.15, -0.1) is 0 Å². The van der Waals surface area contributed by atoms with Gasteiger partial charge in [0, 0.05) is 5.56 Å². The van der Waals surface area contributed by atoms with E-state index in [-0.39, 0.29) is 0 Å². The van der Waals surface area contributed by atoms with Gasteiger partial charge in [-0.25, -0.2) is 0 Å². The van der Waals surface area contributed by atoms with Gasteiger partial charge in [-0.1, -0.05) is 74.4 Å². The van der Waals surface area contributed by atoms with Crippen LogP contribution in [0.4, 0.5) is 0 Å². The van der Waals surface area contributed by atoms with Gasteiger partial charge < -0.3 is 0 Å². The first-order valence-electron chi connectivity index (χ1n) is 9.07. The Hall–Kier alpha value is -2.15. The largest absolute Gasteiger partial charge is 0.298 e. The number of benzene rings is 2. The van der Waals surface area contributed by atoms with E-state index in [1.807, 2.05) is 18.2 Å². The van der Waals surface area contributed by atoms with Crippen LogP contribution in [0.2, 0.25) is 0 Å². The fourth-order valence-electron chi connectivity index (χ4n) is 3.02. The van der Waals surface area contributed by atoms with Crippen LogP contribution in [-0.2, 0) is 0 Å². The molecule has 0 atom stereocenters. The van der Waals surface area contributed by atoms with Gasteiger partial charge in [0.05, 0.1) is 0 Å². The highest BCUT2D eigenvalue weighted by atomic mass is 16.1.